The van der Waals surface area contributed by atoms with Crippen molar-refractivity contribution in [1.29, 1.82) is 0 Å². The van der Waals surface area contributed by atoms with Crippen LogP contribution in [0.3, 0.4) is 0 Å². The maximum atomic E-state index is 7.11. The molecule has 0 N–H and O–H groups in total. The molecule has 2 aliphatic heterocycles. The summed E-state index contributed by atoms with van der Waals surface area (Å²) in [5.41, 5.74) is 13.9. The Morgan fingerprint density at radius 1 is 0.576 bits per heavy atom. The first kappa shape index (κ1) is 35.9. The van der Waals surface area contributed by atoms with E-state index in [2.05, 4.69) is 191 Å². The highest BCUT2D eigenvalue weighted by atomic mass is 16.5. The molecule has 1 aliphatic carbocycles. The Morgan fingerprint density at radius 3 is 2.00 bits per heavy atom. The maximum Gasteiger partial charge on any atom is 0.301 e. The van der Waals surface area contributed by atoms with Gasteiger partial charge < -0.3 is 19.0 Å². The topological polar surface area (TPSA) is 28.9 Å². The second kappa shape index (κ2) is 13.2. The molecule has 0 radical (unpaired) electrons. The summed E-state index contributed by atoms with van der Waals surface area (Å²) in [7, 11) is 0. The lowest BCUT2D eigenvalue weighted by molar-refractivity contribution is 0.470. The van der Waals surface area contributed by atoms with Crippen LogP contribution in [0, 0.1) is 0 Å². The lowest BCUT2D eigenvalue weighted by Gasteiger charge is -2.41. The summed E-state index contributed by atoms with van der Waals surface area (Å²) in [6.07, 6.45) is 4.25. The average molecular weight is 769 g/mol. The van der Waals surface area contributed by atoms with Gasteiger partial charge in [0.25, 0.3) is 0 Å². The van der Waals surface area contributed by atoms with Gasteiger partial charge in [-0.2, -0.15) is 0 Å². The predicted octanol–water partition coefficient (Wildman–Crippen LogP) is 12.9. The van der Waals surface area contributed by atoms with Gasteiger partial charge in [-0.1, -0.05) is 133 Å². The summed E-state index contributed by atoms with van der Waals surface area (Å²) in [5, 5.41) is 4.83. The van der Waals surface area contributed by atoms with Crippen molar-refractivity contribution in [3.63, 3.8) is 0 Å². The molecule has 5 heteroatoms. The van der Waals surface area contributed by atoms with E-state index in [0.29, 0.717) is 0 Å². The highest BCUT2D eigenvalue weighted by molar-refractivity contribution is 6.98. The third kappa shape index (κ3) is 5.73. The van der Waals surface area contributed by atoms with E-state index in [0.717, 1.165) is 82.7 Å². The second-order valence-electron chi connectivity index (χ2n) is 18.8. The normalized spacial score (nSPS) is 14.4. The van der Waals surface area contributed by atoms with E-state index in [9.17, 15) is 0 Å². The molecule has 0 spiro atoms. The van der Waals surface area contributed by atoms with Crippen LogP contribution in [-0.2, 0) is 23.7 Å². The van der Waals surface area contributed by atoms with E-state index in [1.165, 1.54) is 49.2 Å². The van der Waals surface area contributed by atoms with E-state index >= 15 is 0 Å². The summed E-state index contributed by atoms with van der Waals surface area (Å²) in [6, 6.07) is 51.9. The molecule has 7 aromatic carbocycles. The van der Waals surface area contributed by atoms with Gasteiger partial charge in [-0.15, -0.1) is 0 Å². The summed E-state index contributed by atoms with van der Waals surface area (Å²) in [5.74, 6) is 2.98. The average Bonchev–Trinajstić information content (AvgIpc) is 3.61. The van der Waals surface area contributed by atoms with Gasteiger partial charge in [-0.25, -0.2) is 0 Å². The summed E-state index contributed by atoms with van der Waals surface area (Å²) in [6.45, 7) is 13.6. The van der Waals surface area contributed by atoms with Crippen molar-refractivity contribution in [2.24, 2.45) is 0 Å². The van der Waals surface area contributed by atoms with Crippen LogP contribution in [0.1, 0.15) is 76.8 Å². The number of fused-ring (bicyclic) bond motifs is 8. The van der Waals surface area contributed by atoms with Crippen molar-refractivity contribution in [2.75, 3.05) is 9.80 Å². The molecule has 4 nitrogen and oxygen atoms in total. The Morgan fingerprint density at radius 2 is 1.24 bits per heavy atom. The Labute approximate surface area is 348 Å². The molecule has 1 aromatic heterocycles. The molecule has 0 saturated heterocycles. The highest BCUT2D eigenvalue weighted by Crippen LogP contribution is 2.49. The van der Waals surface area contributed by atoms with Crippen molar-refractivity contribution in [2.45, 2.75) is 78.1 Å². The molecule has 0 unspecified atom stereocenters. The number of rotatable bonds is 4. The first-order chi connectivity index (χ1) is 28.5. The number of hydrogen-bond acceptors (Lipinski definition) is 4. The van der Waals surface area contributed by atoms with E-state index in [4.69, 9.17) is 9.15 Å². The van der Waals surface area contributed by atoms with Crippen LogP contribution in [0.5, 0.6) is 11.5 Å². The van der Waals surface area contributed by atoms with Gasteiger partial charge in [-0.3, -0.25) is 0 Å². The molecule has 59 heavy (non-hydrogen) atoms. The number of hydrogen-bond donors (Lipinski definition) is 0. The zero-order valence-electron chi connectivity index (χ0n) is 34.9. The van der Waals surface area contributed by atoms with Gasteiger partial charge in [-0.05, 0) is 106 Å². The fourth-order valence-electron chi connectivity index (χ4n) is 9.84. The zero-order chi connectivity index (χ0) is 40.2. The van der Waals surface area contributed by atoms with E-state index < -0.39 is 0 Å². The van der Waals surface area contributed by atoms with Gasteiger partial charge in [0.15, 0.2) is 5.75 Å². The first-order valence-electron chi connectivity index (χ1n) is 21.3. The molecule has 3 heterocycles. The van der Waals surface area contributed by atoms with Crippen molar-refractivity contribution in [3.05, 3.63) is 162 Å². The molecule has 0 amide bonds. The van der Waals surface area contributed by atoms with Crippen molar-refractivity contribution < 1.29 is 9.15 Å². The standard InChI is InChI=1S/C54H49BN2O2/c1-53(2,3)36-25-27-38(28-26-36)56(44-22-13-17-34-15-7-9-19-40(34)44)39-29-30-43-46(33-39)57(45-23-14-18-35-16-8-10-20-41(35)45)47-31-37(54(4,5)6)32-49-50(47)55(43)52-51(58-49)42-21-11-12-24-48(42)59-52/h7-10,13-20,22-23,25-33H,11-12,21,24H2,1-6H3. The number of anilines is 6. The minimum atomic E-state index is -0.115. The van der Waals surface area contributed by atoms with Crippen LogP contribution >= 0.6 is 0 Å². The largest absolute Gasteiger partial charge is 0.471 e. The van der Waals surface area contributed by atoms with Gasteiger partial charge in [0.1, 0.15) is 17.2 Å². The van der Waals surface area contributed by atoms with E-state index in [1.807, 2.05) is 0 Å². The number of aryl methyl sites for hydroxylation is 1. The molecular weight excluding hydrogens is 719 g/mol. The van der Waals surface area contributed by atoms with Crippen LogP contribution in [-0.4, -0.2) is 6.71 Å². The Kier molecular flexibility index (Phi) is 8.01. The molecule has 0 saturated carbocycles. The van der Waals surface area contributed by atoms with Gasteiger partial charge in [0.2, 0.25) is 0 Å². The molecule has 0 atom stereocenters. The number of benzene rings is 7. The van der Waals surface area contributed by atoms with Crippen molar-refractivity contribution in [3.8, 4) is 11.5 Å². The van der Waals surface area contributed by atoms with Gasteiger partial charge in [0, 0.05) is 51.0 Å². The van der Waals surface area contributed by atoms with Gasteiger partial charge in [0.05, 0.1) is 11.4 Å². The maximum absolute atomic E-state index is 7.11. The van der Waals surface area contributed by atoms with Crippen molar-refractivity contribution >= 4 is 79.0 Å². The minimum absolute atomic E-state index is 0.0410. The SMILES string of the molecule is CC(C)(C)c1ccc(N(c2ccc3c(c2)N(c2cccc4ccccc24)c2cc(C(C)(C)C)cc4c2B3c2oc3c(c2O4)CCCC3)c2cccc3ccccc23)cc1. The predicted molar refractivity (Wildman–Crippen MR) is 248 cm³/mol. The monoisotopic (exact) mass is 768 g/mol. The van der Waals surface area contributed by atoms with Crippen LogP contribution < -0.4 is 31.1 Å². The minimum Gasteiger partial charge on any atom is -0.471 e. The fraction of sp³-hybridized carbons (Fsp3) is 0.222. The van der Waals surface area contributed by atoms with E-state index in [1.54, 1.807) is 0 Å². The molecule has 3 aliphatic rings. The van der Waals surface area contributed by atoms with Crippen molar-refractivity contribution in [1.82, 2.24) is 0 Å². The Bertz CT molecular complexity index is 2950. The lowest BCUT2D eigenvalue weighted by atomic mass is 9.36. The first-order valence-corrected chi connectivity index (χ1v) is 21.3. The van der Waals surface area contributed by atoms with E-state index in [-0.39, 0.29) is 17.5 Å². The van der Waals surface area contributed by atoms with Crippen LogP contribution in [0.4, 0.5) is 34.1 Å². The smallest absolute Gasteiger partial charge is 0.301 e. The summed E-state index contributed by atoms with van der Waals surface area (Å²) >= 11 is 0. The molecule has 8 aromatic rings. The lowest BCUT2D eigenvalue weighted by Crippen LogP contribution is -2.59. The summed E-state index contributed by atoms with van der Waals surface area (Å²) < 4.78 is 14.1. The zero-order valence-corrected chi connectivity index (χ0v) is 34.9. The molecule has 290 valence electrons. The van der Waals surface area contributed by atoms with Crippen LogP contribution in [0.2, 0.25) is 0 Å². The van der Waals surface area contributed by atoms with Gasteiger partial charge >= 0.3 is 6.71 Å². The fourth-order valence-corrected chi connectivity index (χ4v) is 9.84. The molecule has 0 bridgehead atoms. The Hall–Kier alpha value is -6.20. The van der Waals surface area contributed by atoms with Crippen LogP contribution in [0.25, 0.3) is 21.5 Å². The number of furan rings is 1. The quantitative estimate of drug-likeness (QED) is 0.167. The number of nitrogens with zero attached hydrogens (tertiary/aromatic N) is 2. The third-order valence-corrected chi connectivity index (χ3v) is 13.0. The molecule has 0 fully saturated rings. The molecular formula is C54H49BN2O2. The Balaban J connectivity index is 1.22. The number of ether oxygens (including phenoxy) is 1. The summed E-state index contributed by atoms with van der Waals surface area (Å²) in [4.78, 5) is 4.97. The molecule has 11 rings (SSSR count). The van der Waals surface area contributed by atoms with Crippen LogP contribution in [0.15, 0.2) is 144 Å². The third-order valence-electron chi connectivity index (χ3n) is 13.0. The highest BCUT2D eigenvalue weighted by Gasteiger charge is 2.47. The second-order valence-corrected chi connectivity index (χ2v) is 18.8.